The van der Waals surface area contributed by atoms with Crippen molar-refractivity contribution < 1.29 is 19.0 Å². The second kappa shape index (κ2) is 8.50. The molecule has 1 aromatic rings. The number of benzene rings is 1. The molecule has 0 bridgehead atoms. The van der Waals surface area contributed by atoms with Crippen LogP contribution in [0, 0.1) is 5.82 Å². The number of allylic oxidation sites excluding steroid dienone is 2. The van der Waals surface area contributed by atoms with E-state index in [0.717, 1.165) is 24.2 Å². The minimum Gasteiger partial charge on any atom is -0.478 e. The third kappa shape index (κ3) is 4.28. The normalized spacial score (nSPS) is 21.7. The molecule has 1 saturated heterocycles. The largest absolute Gasteiger partial charge is 0.478 e. The average Bonchev–Trinajstić information content (AvgIpc) is 2.64. The van der Waals surface area contributed by atoms with Gasteiger partial charge in [0.05, 0.1) is 24.5 Å². The first kappa shape index (κ1) is 19.3. The minimum atomic E-state index is -0.957. The van der Waals surface area contributed by atoms with Crippen LogP contribution in [0.1, 0.15) is 19.4 Å². The summed E-state index contributed by atoms with van der Waals surface area (Å²) in [5, 5.41) is 9.78. The number of nitrogens with zero attached hydrogens (tertiary/aromatic N) is 2. The van der Waals surface area contributed by atoms with E-state index in [2.05, 4.69) is 4.90 Å². The Labute approximate surface area is 159 Å². The number of carbonyl (C=O) groups is 1. The highest BCUT2D eigenvalue weighted by atomic mass is 19.1. The molecule has 2 heterocycles. The molecule has 1 unspecified atom stereocenters. The van der Waals surface area contributed by atoms with Gasteiger partial charge in [0.2, 0.25) is 0 Å². The Morgan fingerprint density at radius 1 is 1.37 bits per heavy atom. The Hall–Kier alpha value is -2.44. The summed E-state index contributed by atoms with van der Waals surface area (Å²) in [5.41, 5.74) is 2.47. The molecule has 3 rings (SSSR count). The van der Waals surface area contributed by atoms with Gasteiger partial charge in [-0.3, -0.25) is 4.90 Å². The van der Waals surface area contributed by atoms with Crippen LogP contribution in [-0.4, -0.2) is 53.3 Å². The van der Waals surface area contributed by atoms with Gasteiger partial charge < -0.3 is 14.7 Å². The third-order valence-electron chi connectivity index (χ3n) is 4.88. The summed E-state index contributed by atoms with van der Waals surface area (Å²) in [6.07, 6.45) is 5.55. The van der Waals surface area contributed by atoms with Crippen molar-refractivity contribution in [2.24, 2.45) is 0 Å². The van der Waals surface area contributed by atoms with Crippen LogP contribution in [0.5, 0.6) is 0 Å². The predicted octanol–water partition coefficient (Wildman–Crippen LogP) is 3.16. The molecule has 1 atom stereocenters. The molecule has 1 N–H and O–H groups in total. The number of rotatable bonds is 5. The van der Waals surface area contributed by atoms with Crippen LogP contribution in [0.4, 0.5) is 4.39 Å². The van der Waals surface area contributed by atoms with Crippen LogP contribution in [-0.2, 0) is 16.1 Å². The number of ether oxygens (including phenoxy) is 1. The first-order valence-electron chi connectivity index (χ1n) is 9.13. The number of carboxylic acids is 1. The van der Waals surface area contributed by atoms with E-state index < -0.39 is 5.97 Å². The lowest BCUT2D eigenvalue weighted by Crippen LogP contribution is -2.52. The first-order chi connectivity index (χ1) is 13.0. The van der Waals surface area contributed by atoms with Crippen LogP contribution in [0.25, 0.3) is 0 Å². The summed E-state index contributed by atoms with van der Waals surface area (Å²) in [5.74, 6) is -1.25. The number of hydrogen-bond acceptors (Lipinski definition) is 4. The second-order valence-corrected chi connectivity index (χ2v) is 6.73. The number of hydrogen-bond donors (Lipinski definition) is 1. The van der Waals surface area contributed by atoms with Crippen molar-refractivity contribution in [3.05, 3.63) is 70.7 Å². The smallest absolute Gasteiger partial charge is 0.338 e. The van der Waals surface area contributed by atoms with Crippen LogP contribution >= 0.6 is 0 Å². The maximum Gasteiger partial charge on any atom is 0.338 e. The van der Waals surface area contributed by atoms with Crippen molar-refractivity contribution in [1.29, 1.82) is 0 Å². The maximum atomic E-state index is 13.7. The predicted molar refractivity (Wildman–Crippen MR) is 101 cm³/mol. The molecule has 0 saturated carbocycles. The van der Waals surface area contributed by atoms with Gasteiger partial charge in [-0.05, 0) is 49.3 Å². The molecule has 27 heavy (non-hydrogen) atoms. The number of halogens is 1. The Bertz CT molecular complexity index is 794. The van der Waals surface area contributed by atoms with Gasteiger partial charge in [0, 0.05) is 19.6 Å². The van der Waals surface area contributed by atoms with Gasteiger partial charge in [-0.1, -0.05) is 18.2 Å². The molecule has 1 fully saturated rings. The molecule has 0 spiro atoms. The third-order valence-corrected chi connectivity index (χ3v) is 4.88. The van der Waals surface area contributed by atoms with Gasteiger partial charge in [-0.15, -0.1) is 0 Å². The Morgan fingerprint density at radius 3 is 2.74 bits per heavy atom. The minimum absolute atomic E-state index is 0.105. The van der Waals surface area contributed by atoms with E-state index in [4.69, 9.17) is 4.74 Å². The van der Waals surface area contributed by atoms with Crippen molar-refractivity contribution in [2.45, 2.75) is 26.6 Å². The monoisotopic (exact) mass is 372 g/mol. The summed E-state index contributed by atoms with van der Waals surface area (Å²) in [4.78, 5) is 16.2. The molecule has 0 aliphatic carbocycles. The summed E-state index contributed by atoms with van der Waals surface area (Å²) in [6, 6.07) is 6.44. The van der Waals surface area contributed by atoms with Crippen molar-refractivity contribution >= 4 is 5.97 Å². The summed E-state index contributed by atoms with van der Waals surface area (Å²) in [6.45, 7) is 6.93. The van der Waals surface area contributed by atoms with Crippen LogP contribution in [0.2, 0.25) is 0 Å². The van der Waals surface area contributed by atoms with Crippen molar-refractivity contribution in [3.63, 3.8) is 0 Å². The van der Waals surface area contributed by atoms with Gasteiger partial charge in [-0.25, -0.2) is 9.18 Å². The quantitative estimate of drug-likeness (QED) is 0.861. The topological polar surface area (TPSA) is 53.0 Å². The lowest BCUT2D eigenvalue weighted by molar-refractivity contribution is -0.132. The van der Waals surface area contributed by atoms with Crippen LogP contribution in [0.3, 0.4) is 0 Å². The molecular formula is C21H25FN2O3. The Kier molecular flexibility index (Phi) is 6.08. The van der Waals surface area contributed by atoms with Gasteiger partial charge in [0.1, 0.15) is 12.0 Å². The summed E-state index contributed by atoms with van der Waals surface area (Å²) >= 11 is 0. The standard InChI is InChI=1S/C21H25FN2O3/c1-3-5-18-20(21(25)26)15(2)12-19(23-8-10-27-11-9-23)24(18)14-16-6-4-7-17(22)13-16/h3-7,12-13,19H,8-11,14H2,1-2H3,(H,25,26). The number of carboxylic acid groups (broad SMARTS) is 1. The lowest BCUT2D eigenvalue weighted by atomic mass is 9.97. The molecule has 0 aromatic heterocycles. The van der Waals surface area contributed by atoms with Crippen LogP contribution < -0.4 is 0 Å². The van der Waals surface area contributed by atoms with Crippen LogP contribution in [0.15, 0.2) is 59.3 Å². The molecule has 6 heteroatoms. The zero-order chi connectivity index (χ0) is 19.4. The molecule has 1 aromatic carbocycles. The van der Waals surface area contributed by atoms with Gasteiger partial charge in [-0.2, -0.15) is 0 Å². The molecule has 2 aliphatic heterocycles. The highest BCUT2D eigenvalue weighted by molar-refractivity contribution is 5.93. The highest BCUT2D eigenvalue weighted by Crippen LogP contribution is 2.32. The highest BCUT2D eigenvalue weighted by Gasteiger charge is 2.33. The van der Waals surface area contributed by atoms with E-state index >= 15 is 0 Å². The molecule has 0 radical (unpaired) electrons. The van der Waals surface area contributed by atoms with E-state index in [1.54, 1.807) is 6.07 Å². The van der Waals surface area contributed by atoms with E-state index in [9.17, 15) is 14.3 Å². The second-order valence-electron chi connectivity index (χ2n) is 6.73. The summed E-state index contributed by atoms with van der Waals surface area (Å²) in [7, 11) is 0. The zero-order valence-electron chi connectivity index (χ0n) is 15.7. The van der Waals surface area contributed by atoms with Gasteiger partial charge in [0.15, 0.2) is 0 Å². The fourth-order valence-corrected chi connectivity index (χ4v) is 3.66. The lowest BCUT2D eigenvalue weighted by Gasteiger charge is -2.44. The fraction of sp³-hybridized carbons (Fsp3) is 0.381. The fourth-order valence-electron chi connectivity index (χ4n) is 3.66. The Balaban J connectivity index is 2.05. The van der Waals surface area contributed by atoms with E-state index in [-0.39, 0.29) is 17.6 Å². The molecule has 2 aliphatic rings. The van der Waals surface area contributed by atoms with Crippen molar-refractivity contribution in [3.8, 4) is 0 Å². The SMILES string of the molecule is CC=CC1=C(C(=O)O)C(C)=CC(N2CCOCC2)N1Cc1cccc(F)c1. The van der Waals surface area contributed by atoms with E-state index in [1.165, 1.54) is 12.1 Å². The Morgan fingerprint density at radius 2 is 2.11 bits per heavy atom. The molecular weight excluding hydrogens is 347 g/mol. The summed E-state index contributed by atoms with van der Waals surface area (Å²) < 4.78 is 19.2. The molecule has 0 amide bonds. The average molecular weight is 372 g/mol. The number of morpholine rings is 1. The van der Waals surface area contributed by atoms with Crippen molar-refractivity contribution in [1.82, 2.24) is 9.80 Å². The van der Waals surface area contributed by atoms with Crippen molar-refractivity contribution in [2.75, 3.05) is 26.3 Å². The molecule has 5 nitrogen and oxygen atoms in total. The maximum absolute atomic E-state index is 13.7. The first-order valence-corrected chi connectivity index (χ1v) is 9.13. The van der Waals surface area contributed by atoms with Gasteiger partial charge in [0.25, 0.3) is 0 Å². The van der Waals surface area contributed by atoms with Gasteiger partial charge >= 0.3 is 5.97 Å². The van der Waals surface area contributed by atoms with E-state index in [1.807, 2.05) is 43.0 Å². The van der Waals surface area contributed by atoms with E-state index in [0.29, 0.717) is 25.5 Å². The number of aliphatic carboxylic acids is 1. The zero-order valence-corrected chi connectivity index (χ0v) is 15.7. The molecule has 144 valence electrons.